The van der Waals surface area contributed by atoms with Gasteiger partial charge < -0.3 is 14.2 Å². The Morgan fingerprint density at radius 2 is 0.532 bits per heavy atom. The molecule has 6 nitrogen and oxygen atoms in total. The van der Waals surface area contributed by atoms with Crippen molar-refractivity contribution in [3.63, 3.8) is 0 Å². The van der Waals surface area contributed by atoms with E-state index in [0.29, 0.717) is 19.3 Å². The van der Waals surface area contributed by atoms with Crippen LogP contribution in [0.2, 0.25) is 0 Å². The second kappa shape index (κ2) is 65.1. The van der Waals surface area contributed by atoms with E-state index < -0.39 is 6.10 Å². The van der Waals surface area contributed by atoms with Gasteiger partial charge in [-0.3, -0.25) is 14.4 Å². The van der Waals surface area contributed by atoms with Crippen LogP contribution in [0.5, 0.6) is 0 Å². The fourth-order valence-electron chi connectivity index (χ4n) is 9.41. The number of allylic oxidation sites excluding steroid dienone is 14. The van der Waals surface area contributed by atoms with Crippen molar-refractivity contribution in [2.24, 2.45) is 0 Å². The van der Waals surface area contributed by atoms with Crippen molar-refractivity contribution in [1.82, 2.24) is 0 Å². The summed E-state index contributed by atoms with van der Waals surface area (Å²) in [7, 11) is 0. The Hall–Kier alpha value is -3.41. The molecule has 0 aliphatic carbocycles. The standard InChI is InChI=1S/C71H124O6/c1-4-7-10-13-16-19-22-25-26-27-28-29-30-31-32-33-34-35-36-37-38-39-40-41-42-43-44-47-49-52-55-58-61-64-70(73)76-67-68(77-71(74)65-62-59-56-53-50-46-24-21-18-15-12-9-6-3)66-75-69(72)63-60-57-54-51-48-45-23-20-17-14-11-8-5-2/h7,10,12,15-16,19-21,23-26,28-29,68H,4-6,8-9,11,13-14,17-18,22,27,30-67H2,1-3H3/b10-7-,15-12-,19-16-,23-20-,24-21-,26-25-,29-28-. The van der Waals surface area contributed by atoms with Gasteiger partial charge in [0.15, 0.2) is 6.10 Å². The van der Waals surface area contributed by atoms with Crippen LogP contribution in [-0.4, -0.2) is 37.2 Å². The average Bonchev–Trinajstić information content (AvgIpc) is 3.43. The van der Waals surface area contributed by atoms with Gasteiger partial charge in [0.25, 0.3) is 0 Å². The third-order valence-corrected chi connectivity index (χ3v) is 14.3. The van der Waals surface area contributed by atoms with Crippen LogP contribution in [0.3, 0.4) is 0 Å². The molecule has 0 radical (unpaired) electrons. The number of unbranched alkanes of at least 4 members (excludes halogenated alkanes) is 35. The highest BCUT2D eigenvalue weighted by atomic mass is 16.6. The quantitative estimate of drug-likeness (QED) is 0.0261. The first-order chi connectivity index (χ1) is 38.0. The molecule has 0 saturated carbocycles. The molecule has 0 N–H and O–H groups in total. The molecule has 77 heavy (non-hydrogen) atoms. The van der Waals surface area contributed by atoms with E-state index in [-0.39, 0.29) is 31.1 Å². The first kappa shape index (κ1) is 73.6. The van der Waals surface area contributed by atoms with Gasteiger partial charge in [0.2, 0.25) is 0 Å². The Balaban J connectivity index is 4.10. The molecular formula is C71H124O6. The van der Waals surface area contributed by atoms with Crippen LogP contribution in [-0.2, 0) is 28.6 Å². The van der Waals surface area contributed by atoms with E-state index in [0.717, 1.165) is 122 Å². The molecule has 0 bridgehead atoms. The summed E-state index contributed by atoms with van der Waals surface area (Å²) in [5.74, 6) is -0.891. The lowest BCUT2D eigenvalue weighted by Gasteiger charge is -2.18. The Bertz CT molecular complexity index is 1470. The van der Waals surface area contributed by atoms with Gasteiger partial charge in [-0.05, 0) is 109 Å². The Labute approximate surface area is 477 Å². The summed E-state index contributed by atoms with van der Waals surface area (Å²) < 4.78 is 16.9. The van der Waals surface area contributed by atoms with E-state index >= 15 is 0 Å². The van der Waals surface area contributed by atoms with Gasteiger partial charge in [0.1, 0.15) is 13.2 Å². The Morgan fingerprint density at radius 1 is 0.273 bits per heavy atom. The predicted octanol–water partition coefficient (Wildman–Crippen LogP) is 22.7. The molecule has 0 aromatic rings. The molecule has 0 spiro atoms. The largest absolute Gasteiger partial charge is 0.462 e. The zero-order chi connectivity index (χ0) is 55.7. The van der Waals surface area contributed by atoms with Crippen molar-refractivity contribution in [3.8, 4) is 0 Å². The molecule has 0 saturated heterocycles. The minimum absolute atomic E-state index is 0.0811. The van der Waals surface area contributed by atoms with Crippen molar-refractivity contribution in [2.75, 3.05) is 13.2 Å². The van der Waals surface area contributed by atoms with Crippen molar-refractivity contribution in [1.29, 1.82) is 0 Å². The molecule has 0 aliphatic heterocycles. The van der Waals surface area contributed by atoms with Crippen LogP contribution in [0.4, 0.5) is 0 Å². The van der Waals surface area contributed by atoms with Gasteiger partial charge in [-0.2, -0.15) is 0 Å². The number of ether oxygens (including phenoxy) is 3. The lowest BCUT2D eigenvalue weighted by atomic mass is 10.0. The third kappa shape index (κ3) is 63.3. The zero-order valence-electron chi connectivity index (χ0n) is 51.0. The summed E-state index contributed by atoms with van der Waals surface area (Å²) in [5.41, 5.74) is 0. The maximum Gasteiger partial charge on any atom is 0.306 e. The van der Waals surface area contributed by atoms with E-state index in [1.807, 2.05) is 0 Å². The number of rotatable bonds is 60. The van der Waals surface area contributed by atoms with Crippen molar-refractivity contribution in [2.45, 2.75) is 335 Å². The van der Waals surface area contributed by atoms with E-state index in [1.165, 1.54) is 167 Å². The van der Waals surface area contributed by atoms with Crippen molar-refractivity contribution < 1.29 is 28.6 Å². The molecule has 444 valence electrons. The van der Waals surface area contributed by atoms with E-state index in [1.54, 1.807) is 0 Å². The minimum atomic E-state index is -0.785. The highest BCUT2D eigenvalue weighted by molar-refractivity contribution is 5.71. The smallest absolute Gasteiger partial charge is 0.306 e. The molecule has 0 aliphatic rings. The topological polar surface area (TPSA) is 78.9 Å². The van der Waals surface area contributed by atoms with Crippen LogP contribution in [0.15, 0.2) is 85.1 Å². The van der Waals surface area contributed by atoms with E-state index in [4.69, 9.17) is 14.2 Å². The molecule has 1 atom stereocenters. The SMILES string of the molecule is CC/C=C\C/C=C\C/C=C\C/C=C\CCCCCCCCCCCCCCCCCCCCCCC(=O)OCC(COC(=O)CCCCCCC/C=C\CCCCCC)OC(=O)CCCCCCC/C=C\C/C=C\CCC. The van der Waals surface area contributed by atoms with E-state index in [9.17, 15) is 14.4 Å². The molecule has 1 unspecified atom stereocenters. The fraction of sp³-hybridized carbons (Fsp3) is 0.761. The average molecular weight is 1070 g/mol. The van der Waals surface area contributed by atoms with Crippen molar-refractivity contribution >= 4 is 17.9 Å². The molecule has 0 rings (SSSR count). The second-order valence-corrected chi connectivity index (χ2v) is 22.0. The maximum atomic E-state index is 12.9. The molecule has 0 aromatic heterocycles. The van der Waals surface area contributed by atoms with Gasteiger partial charge in [-0.1, -0.05) is 286 Å². The predicted molar refractivity (Wildman–Crippen MR) is 334 cm³/mol. The number of carbonyl (C=O) groups is 3. The third-order valence-electron chi connectivity index (χ3n) is 14.3. The highest BCUT2D eigenvalue weighted by Gasteiger charge is 2.19. The van der Waals surface area contributed by atoms with Crippen LogP contribution >= 0.6 is 0 Å². The zero-order valence-corrected chi connectivity index (χ0v) is 51.0. The fourth-order valence-corrected chi connectivity index (χ4v) is 9.41. The first-order valence-corrected chi connectivity index (χ1v) is 33.1. The second-order valence-electron chi connectivity index (χ2n) is 22.0. The normalized spacial score (nSPS) is 12.6. The molecule has 0 aromatic carbocycles. The number of carbonyl (C=O) groups excluding carboxylic acids is 3. The van der Waals surface area contributed by atoms with Crippen LogP contribution < -0.4 is 0 Å². The molecular weight excluding hydrogens is 949 g/mol. The lowest BCUT2D eigenvalue weighted by molar-refractivity contribution is -0.167. The molecule has 0 fully saturated rings. The number of hydrogen-bond donors (Lipinski definition) is 0. The highest BCUT2D eigenvalue weighted by Crippen LogP contribution is 2.17. The van der Waals surface area contributed by atoms with Gasteiger partial charge in [-0.25, -0.2) is 0 Å². The summed E-state index contributed by atoms with van der Waals surface area (Å²) >= 11 is 0. The summed E-state index contributed by atoms with van der Waals surface area (Å²) in [6, 6.07) is 0. The number of esters is 3. The van der Waals surface area contributed by atoms with Gasteiger partial charge >= 0.3 is 17.9 Å². The van der Waals surface area contributed by atoms with Crippen molar-refractivity contribution in [3.05, 3.63) is 85.1 Å². The van der Waals surface area contributed by atoms with Crippen LogP contribution in [0, 0.1) is 0 Å². The summed E-state index contributed by atoms with van der Waals surface area (Å²) in [4.78, 5) is 38.2. The van der Waals surface area contributed by atoms with Crippen LogP contribution in [0.1, 0.15) is 329 Å². The van der Waals surface area contributed by atoms with Gasteiger partial charge in [-0.15, -0.1) is 0 Å². The summed E-state index contributed by atoms with van der Waals surface area (Å²) in [6.07, 6.45) is 86.2. The summed E-state index contributed by atoms with van der Waals surface area (Å²) in [6.45, 7) is 6.46. The van der Waals surface area contributed by atoms with Gasteiger partial charge in [0.05, 0.1) is 0 Å². The number of hydrogen-bond acceptors (Lipinski definition) is 6. The Kier molecular flexibility index (Phi) is 62.2. The molecule has 6 heteroatoms. The maximum absolute atomic E-state index is 12.9. The molecule has 0 amide bonds. The first-order valence-electron chi connectivity index (χ1n) is 33.1. The summed E-state index contributed by atoms with van der Waals surface area (Å²) in [5, 5.41) is 0. The Morgan fingerprint density at radius 3 is 0.857 bits per heavy atom. The van der Waals surface area contributed by atoms with E-state index in [2.05, 4.69) is 106 Å². The minimum Gasteiger partial charge on any atom is -0.462 e. The lowest BCUT2D eigenvalue weighted by Crippen LogP contribution is -2.30. The van der Waals surface area contributed by atoms with Crippen LogP contribution in [0.25, 0.3) is 0 Å². The molecule has 0 heterocycles. The van der Waals surface area contributed by atoms with Gasteiger partial charge in [0, 0.05) is 19.3 Å². The monoisotopic (exact) mass is 1070 g/mol.